The predicted molar refractivity (Wildman–Crippen MR) is 77.3 cm³/mol. The molecule has 3 amide bonds. The Kier molecular flexibility index (Phi) is 9.46. The third-order valence-electron chi connectivity index (χ3n) is 2.76. The van der Waals surface area contributed by atoms with Crippen molar-refractivity contribution < 1.29 is 24.3 Å². The molecule has 0 spiro atoms. The first-order valence-corrected chi connectivity index (χ1v) is 6.81. The summed E-state index contributed by atoms with van der Waals surface area (Å²) in [5.41, 5.74) is 15.6. The number of carbonyl (C=O) groups excluding carboxylic acids is 3. The standard InChI is InChI=1S/C12H23N5O5/c13-4-2-1-3-8(12(21)22)17-10(19)6-16-11(20)7(14)5-9(15)18/h7-8H,1-6,13-14H2,(H2,15,18)(H,16,20)(H,17,19)(H,21,22). The molecule has 0 aliphatic carbocycles. The van der Waals surface area contributed by atoms with Gasteiger partial charge in [-0.1, -0.05) is 0 Å². The molecule has 0 aliphatic heterocycles. The Hall–Kier alpha value is -2.20. The number of nitrogens with one attached hydrogen (secondary N) is 2. The number of carboxylic acids is 1. The number of aliphatic carboxylic acids is 1. The van der Waals surface area contributed by atoms with Gasteiger partial charge in [0.25, 0.3) is 0 Å². The van der Waals surface area contributed by atoms with E-state index in [0.717, 1.165) is 0 Å². The van der Waals surface area contributed by atoms with Gasteiger partial charge in [-0.2, -0.15) is 0 Å². The first-order chi connectivity index (χ1) is 10.3. The molecule has 0 heterocycles. The Morgan fingerprint density at radius 1 is 1.14 bits per heavy atom. The lowest BCUT2D eigenvalue weighted by atomic mass is 10.1. The largest absolute Gasteiger partial charge is 0.480 e. The molecule has 9 N–H and O–H groups in total. The highest BCUT2D eigenvalue weighted by Crippen LogP contribution is 2.00. The SMILES string of the molecule is NCCCCC(NC(=O)CNC(=O)C(N)CC(N)=O)C(=O)O. The number of hydrogen-bond donors (Lipinski definition) is 6. The topological polar surface area (TPSA) is 191 Å². The molecule has 2 atom stereocenters. The molecule has 0 saturated carbocycles. The average molecular weight is 317 g/mol. The fourth-order valence-corrected chi connectivity index (χ4v) is 1.60. The van der Waals surface area contributed by atoms with E-state index in [1.54, 1.807) is 0 Å². The van der Waals surface area contributed by atoms with Crippen LogP contribution in [-0.4, -0.2) is 54.0 Å². The van der Waals surface area contributed by atoms with Gasteiger partial charge in [-0.3, -0.25) is 14.4 Å². The number of carbonyl (C=O) groups is 4. The number of nitrogens with two attached hydrogens (primary N) is 3. The molecule has 2 unspecified atom stereocenters. The Bertz CT molecular complexity index is 415. The van der Waals surface area contributed by atoms with Gasteiger partial charge >= 0.3 is 5.97 Å². The van der Waals surface area contributed by atoms with Crippen molar-refractivity contribution in [1.82, 2.24) is 10.6 Å². The van der Waals surface area contributed by atoms with Gasteiger partial charge in [0.15, 0.2) is 0 Å². The van der Waals surface area contributed by atoms with E-state index in [1.807, 2.05) is 0 Å². The Morgan fingerprint density at radius 3 is 2.27 bits per heavy atom. The molecule has 0 radical (unpaired) electrons. The van der Waals surface area contributed by atoms with Crippen LogP contribution in [-0.2, 0) is 19.2 Å². The van der Waals surface area contributed by atoms with E-state index in [-0.39, 0.29) is 12.8 Å². The van der Waals surface area contributed by atoms with Crippen LogP contribution in [0.5, 0.6) is 0 Å². The summed E-state index contributed by atoms with van der Waals surface area (Å²) in [6.45, 7) is 0.0000580. The highest BCUT2D eigenvalue weighted by molar-refractivity contribution is 5.91. The second-order valence-corrected chi connectivity index (χ2v) is 4.74. The molecule has 10 heteroatoms. The fourth-order valence-electron chi connectivity index (χ4n) is 1.60. The molecule has 126 valence electrons. The highest BCUT2D eigenvalue weighted by Gasteiger charge is 2.21. The number of rotatable bonds is 11. The summed E-state index contributed by atoms with van der Waals surface area (Å²) in [5, 5.41) is 13.5. The molecule has 0 aromatic rings. The fraction of sp³-hybridized carbons (Fsp3) is 0.667. The molecule has 22 heavy (non-hydrogen) atoms. The van der Waals surface area contributed by atoms with Crippen molar-refractivity contribution in [3.63, 3.8) is 0 Å². The lowest BCUT2D eigenvalue weighted by molar-refractivity contribution is -0.142. The maximum absolute atomic E-state index is 11.6. The van der Waals surface area contributed by atoms with Crippen LogP contribution in [0.2, 0.25) is 0 Å². The van der Waals surface area contributed by atoms with Crippen molar-refractivity contribution in [2.24, 2.45) is 17.2 Å². The summed E-state index contributed by atoms with van der Waals surface area (Å²) in [6.07, 6.45) is 1.11. The van der Waals surface area contributed by atoms with E-state index in [1.165, 1.54) is 0 Å². The smallest absolute Gasteiger partial charge is 0.326 e. The lowest BCUT2D eigenvalue weighted by Crippen LogP contribution is -2.49. The van der Waals surface area contributed by atoms with Crippen LogP contribution in [0, 0.1) is 0 Å². The number of carboxylic acid groups (broad SMARTS) is 1. The van der Waals surface area contributed by atoms with Crippen molar-refractivity contribution in [2.45, 2.75) is 37.8 Å². The van der Waals surface area contributed by atoms with Gasteiger partial charge < -0.3 is 32.9 Å². The number of hydrogen-bond acceptors (Lipinski definition) is 6. The minimum absolute atomic E-state index is 0.243. The molecular weight excluding hydrogens is 294 g/mol. The molecule has 0 aliphatic rings. The van der Waals surface area contributed by atoms with E-state index >= 15 is 0 Å². The minimum Gasteiger partial charge on any atom is -0.480 e. The normalized spacial score (nSPS) is 13.0. The first kappa shape index (κ1) is 19.8. The van der Waals surface area contributed by atoms with Gasteiger partial charge in [-0.25, -0.2) is 4.79 Å². The first-order valence-electron chi connectivity index (χ1n) is 6.81. The third kappa shape index (κ3) is 8.87. The molecule has 0 aromatic carbocycles. The quantitative estimate of drug-likeness (QED) is 0.219. The monoisotopic (exact) mass is 317 g/mol. The van der Waals surface area contributed by atoms with Crippen molar-refractivity contribution in [3.8, 4) is 0 Å². The second-order valence-electron chi connectivity index (χ2n) is 4.74. The maximum atomic E-state index is 11.6. The van der Waals surface area contributed by atoms with Crippen LogP contribution in [0.3, 0.4) is 0 Å². The molecule has 0 saturated heterocycles. The zero-order valence-electron chi connectivity index (χ0n) is 12.2. The Balaban J connectivity index is 4.21. The highest BCUT2D eigenvalue weighted by atomic mass is 16.4. The predicted octanol–water partition coefficient (Wildman–Crippen LogP) is -3.00. The summed E-state index contributed by atoms with van der Waals surface area (Å²) in [4.78, 5) is 44.7. The average Bonchev–Trinajstić information content (AvgIpc) is 2.42. The maximum Gasteiger partial charge on any atom is 0.326 e. The van der Waals surface area contributed by atoms with Crippen LogP contribution in [0.15, 0.2) is 0 Å². The second kappa shape index (κ2) is 10.5. The number of unbranched alkanes of at least 4 members (excludes halogenated alkanes) is 1. The van der Waals surface area contributed by atoms with E-state index in [4.69, 9.17) is 22.3 Å². The van der Waals surface area contributed by atoms with Crippen molar-refractivity contribution in [3.05, 3.63) is 0 Å². The summed E-state index contributed by atoms with van der Waals surface area (Å²) < 4.78 is 0. The van der Waals surface area contributed by atoms with Gasteiger partial charge in [-0.05, 0) is 25.8 Å². The van der Waals surface area contributed by atoms with Crippen molar-refractivity contribution in [1.29, 1.82) is 0 Å². The third-order valence-corrected chi connectivity index (χ3v) is 2.76. The van der Waals surface area contributed by atoms with Gasteiger partial charge in [0.1, 0.15) is 6.04 Å². The molecule has 0 fully saturated rings. The van der Waals surface area contributed by atoms with Crippen LogP contribution in [0.1, 0.15) is 25.7 Å². The molecule has 0 rings (SSSR count). The summed E-state index contributed by atoms with van der Waals surface area (Å²) in [6, 6.07) is -2.19. The van der Waals surface area contributed by atoms with E-state index in [0.29, 0.717) is 19.4 Å². The summed E-state index contributed by atoms with van der Waals surface area (Å²) in [7, 11) is 0. The van der Waals surface area contributed by atoms with E-state index in [2.05, 4.69) is 10.6 Å². The summed E-state index contributed by atoms with van der Waals surface area (Å²) >= 11 is 0. The molecule has 0 bridgehead atoms. The Morgan fingerprint density at radius 2 is 1.77 bits per heavy atom. The molecule has 0 aromatic heterocycles. The minimum atomic E-state index is -1.16. The number of primary amides is 1. The molecular formula is C12H23N5O5. The van der Waals surface area contributed by atoms with E-state index in [9.17, 15) is 19.2 Å². The van der Waals surface area contributed by atoms with Crippen LogP contribution in [0.25, 0.3) is 0 Å². The van der Waals surface area contributed by atoms with Crippen molar-refractivity contribution in [2.75, 3.05) is 13.1 Å². The van der Waals surface area contributed by atoms with Crippen molar-refractivity contribution >= 4 is 23.7 Å². The van der Waals surface area contributed by atoms with Crippen LogP contribution >= 0.6 is 0 Å². The lowest BCUT2D eigenvalue weighted by Gasteiger charge is -2.15. The molecule has 10 nitrogen and oxygen atoms in total. The van der Waals surface area contributed by atoms with Gasteiger partial charge in [0.2, 0.25) is 17.7 Å². The Labute approximate surface area is 127 Å². The zero-order valence-corrected chi connectivity index (χ0v) is 12.2. The number of amides is 3. The van der Waals surface area contributed by atoms with Gasteiger partial charge in [0, 0.05) is 0 Å². The zero-order chi connectivity index (χ0) is 17.1. The van der Waals surface area contributed by atoms with Gasteiger partial charge in [-0.15, -0.1) is 0 Å². The summed E-state index contributed by atoms with van der Waals surface area (Å²) in [5.74, 6) is -3.29. The van der Waals surface area contributed by atoms with Crippen LogP contribution in [0.4, 0.5) is 0 Å². The van der Waals surface area contributed by atoms with E-state index < -0.39 is 42.3 Å². The van der Waals surface area contributed by atoms with Gasteiger partial charge in [0.05, 0.1) is 19.0 Å². The van der Waals surface area contributed by atoms with Crippen LogP contribution < -0.4 is 27.8 Å².